The number of pyridine rings is 1. The standard InChI is InChI=1S/C18H19N5O2/c1-10-7-11(2)13(20-8-10)9-21-17(24)16-12-5-4-6-14(25-3)15(12)22-18(19)23-16/h4-8H,9H2,1-3H3,(H,21,24)(H2,19,22,23). The summed E-state index contributed by atoms with van der Waals surface area (Å²) in [6.07, 6.45) is 1.78. The van der Waals surface area contributed by atoms with E-state index in [9.17, 15) is 4.79 Å². The number of nitrogens with one attached hydrogen (secondary N) is 1. The topological polar surface area (TPSA) is 103 Å². The van der Waals surface area contributed by atoms with Crippen molar-refractivity contribution < 1.29 is 9.53 Å². The molecule has 25 heavy (non-hydrogen) atoms. The summed E-state index contributed by atoms with van der Waals surface area (Å²) in [7, 11) is 1.54. The minimum absolute atomic E-state index is 0.0202. The van der Waals surface area contributed by atoms with Crippen molar-refractivity contribution in [2.24, 2.45) is 0 Å². The molecule has 2 aromatic heterocycles. The van der Waals surface area contributed by atoms with E-state index in [-0.39, 0.29) is 17.5 Å². The fraction of sp³-hybridized carbons (Fsp3) is 0.222. The second-order valence-electron chi connectivity index (χ2n) is 5.75. The van der Waals surface area contributed by atoms with E-state index in [0.717, 1.165) is 16.8 Å². The van der Waals surface area contributed by atoms with Gasteiger partial charge >= 0.3 is 0 Å². The van der Waals surface area contributed by atoms with Crippen LogP contribution < -0.4 is 15.8 Å². The van der Waals surface area contributed by atoms with Crippen molar-refractivity contribution in [1.29, 1.82) is 0 Å². The Morgan fingerprint density at radius 2 is 2.08 bits per heavy atom. The van der Waals surface area contributed by atoms with Crippen LogP contribution in [0.4, 0.5) is 5.95 Å². The van der Waals surface area contributed by atoms with Gasteiger partial charge in [0, 0.05) is 11.6 Å². The molecule has 1 amide bonds. The maximum absolute atomic E-state index is 12.6. The number of nitrogens with two attached hydrogens (primary N) is 1. The Morgan fingerprint density at radius 1 is 1.28 bits per heavy atom. The highest BCUT2D eigenvalue weighted by Gasteiger charge is 2.16. The predicted molar refractivity (Wildman–Crippen MR) is 95.4 cm³/mol. The van der Waals surface area contributed by atoms with E-state index in [1.807, 2.05) is 19.9 Å². The monoisotopic (exact) mass is 337 g/mol. The quantitative estimate of drug-likeness (QED) is 0.756. The number of nitrogen functional groups attached to an aromatic ring is 1. The Bertz CT molecular complexity index is 956. The highest BCUT2D eigenvalue weighted by molar-refractivity contribution is 6.05. The number of para-hydroxylation sites is 1. The summed E-state index contributed by atoms with van der Waals surface area (Å²) in [5.41, 5.74) is 9.39. The van der Waals surface area contributed by atoms with E-state index in [4.69, 9.17) is 10.5 Å². The van der Waals surface area contributed by atoms with Crippen LogP contribution >= 0.6 is 0 Å². The number of benzene rings is 1. The van der Waals surface area contributed by atoms with E-state index in [0.29, 0.717) is 23.2 Å². The van der Waals surface area contributed by atoms with Crippen LogP contribution in [0.15, 0.2) is 30.5 Å². The molecule has 3 rings (SSSR count). The Hall–Kier alpha value is -3.22. The minimum atomic E-state index is -0.339. The molecule has 0 fully saturated rings. The van der Waals surface area contributed by atoms with Crippen molar-refractivity contribution in [1.82, 2.24) is 20.3 Å². The highest BCUT2D eigenvalue weighted by Crippen LogP contribution is 2.26. The van der Waals surface area contributed by atoms with E-state index >= 15 is 0 Å². The van der Waals surface area contributed by atoms with Gasteiger partial charge in [0.25, 0.3) is 5.91 Å². The van der Waals surface area contributed by atoms with Gasteiger partial charge in [-0.25, -0.2) is 9.97 Å². The van der Waals surface area contributed by atoms with Gasteiger partial charge in [0.2, 0.25) is 5.95 Å². The summed E-state index contributed by atoms with van der Waals surface area (Å²) in [6.45, 7) is 4.25. The molecule has 7 heteroatoms. The number of hydrogen-bond donors (Lipinski definition) is 2. The smallest absolute Gasteiger partial charge is 0.271 e. The molecule has 0 atom stereocenters. The summed E-state index contributed by atoms with van der Waals surface area (Å²) >= 11 is 0. The second kappa shape index (κ2) is 6.72. The minimum Gasteiger partial charge on any atom is -0.494 e. The number of nitrogens with zero attached hydrogens (tertiary/aromatic N) is 3. The third-order valence-electron chi connectivity index (χ3n) is 3.88. The van der Waals surface area contributed by atoms with Crippen molar-refractivity contribution in [3.05, 3.63) is 53.0 Å². The lowest BCUT2D eigenvalue weighted by atomic mass is 10.1. The average Bonchev–Trinajstić information content (AvgIpc) is 2.59. The van der Waals surface area contributed by atoms with Gasteiger partial charge in [0.05, 0.1) is 19.3 Å². The lowest BCUT2D eigenvalue weighted by Crippen LogP contribution is -2.25. The molecule has 1 aromatic carbocycles. The van der Waals surface area contributed by atoms with Gasteiger partial charge in [-0.1, -0.05) is 18.2 Å². The number of methoxy groups -OCH3 is 1. The van der Waals surface area contributed by atoms with Crippen molar-refractivity contribution in [3.8, 4) is 5.75 Å². The third kappa shape index (κ3) is 3.35. The molecular weight excluding hydrogens is 318 g/mol. The van der Waals surface area contributed by atoms with Gasteiger partial charge in [-0.05, 0) is 31.0 Å². The zero-order chi connectivity index (χ0) is 18.0. The maximum Gasteiger partial charge on any atom is 0.271 e. The van der Waals surface area contributed by atoms with Crippen molar-refractivity contribution in [3.63, 3.8) is 0 Å². The number of amides is 1. The van der Waals surface area contributed by atoms with Crippen LogP contribution in [0.3, 0.4) is 0 Å². The SMILES string of the molecule is COc1cccc2c(C(=O)NCc3ncc(C)cc3C)nc(N)nc12. The molecule has 128 valence electrons. The molecule has 0 bridgehead atoms. The van der Waals surface area contributed by atoms with Gasteiger partial charge in [-0.15, -0.1) is 0 Å². The number of ether oxygens (including phenoxy) is 1. The summed E-state index contributed by atoms with van der Waals surface area (Å²) in [6, 6.07) is 7.33. The molecule has 2 heterocycles. The van der Waals surface area contributed by atoms with Crippen LogP contribution in [0.25, 0.3) is 10.9 Å². The predicted octanol–water partition coefficient (Wildman–Crippen LogP) is 2.16. The first kappa shape index (κ1) is 16.6. The molecule has 0 aliphatic rings. The Balaban J connectivity index is 1.92. The van der Waals surface area contributed by atoms with Crippen LogP contribution in [0.5, 0.6) is 5.75 Å². The molecule has 0 aliphatic carbocycles. The van der Waals surface area contributed by atoms with E-state index < -0.39 is 0 Å². The lowest BCUT2D eigenvalue weighted by molar-refractivity contribution is 0.0947. The number of hydrogen-bond acceptors (Lipinski definition) is 6. The third-order valence-corrected chi connectivity index (χ3v) is 3.88. The first-order valence-electron chi connectivity index (χ1n) is 7.80. The number of rotatable bonds is 4. The van der Waals surface area contributed by atoms with Crippen LogP contribution in [0, 0.1) is 13.8 Å². The van der Waals surface area contributed by atoms with Crippen LogP contribution in [-0.2, 0) is 6.54 Å². The Kier molecular flexibility index (Phi) is 4.47. The molecule has 3 N–H and O–H groups in total. The number of carbonyl (C=O) groups excluding carboxylic acids is 1. The molecule has 0 aliphatic heterocycles. The Labute approximate surface area is 145 Å². The largest absolute Gasteiger partial charge is 0.494 e. The van der Waals surface area contributed by atoms with Gasteiger partial charge in [0.15, 0.2) is 0 Å². The second-order valence-corrected chi connectivity index (χ2v) is 5.75. The first-order valence-corrected chi connectivity index (χ1v) is 7.80. The lowest BCUT2D eigenvalue weighted by Gasteiger charge is -2.11. The molecule has 0 radical (unpaired) electrons. The average molecular weight is 337 g/mol. The van der Waals surface area contributed by atoms with Crippen molar-refractivity contribution >= 4 is 22.8 Å². The molecule has 3 aromatic rings. The zero-order valence-electron chi connectivity index (χ0n) is 14.3. The summed E-state index contributed by atoms with van der Waals surface area (Å²) in [5.74, 6) is 0.220. The maximum atomic E-state index is 12.6. The van der Waals surface area contributed by atoms with Crippen molar-refractivity contribution in [2.45, 2.75) is 20.4 Å². The van der Waals surface area contributed by atoms with Gasteiger partial charge in [0.1, 0.15) is 17.0 Å². The number of aryl methyl sites for hydroxylation is 2. The van der Waals surface area contributed by atoms with Crippen LogP contribution in [-0.4, -0.2) is 28.0 Å². The number of aromatic nitrogens is 3. The molecule has 7 nitrogen and oxygen atoms in total. The Morgan fingerprint density at radius 3 is 2.80 bits per heavy atom. The summed E-state index contributed by atoms with van der Waals surface area (Å²) < 4.78 is 5.29. The molecule has 0 saturated carbocycles. The van der Waals surface area contributed by atoms with E-state index in [1.54, 1.807) is 31.5 Å². The zero-order valence-corrected chi connectivity index (χ0v) is 14.3. The fourth-order valence-electron chi connectivity index (χ4n) is 2.66. The first-order chi connectivity index (χ1) is 12.0. The van der Waals surface area contributed by atoms with Gasteiger partial charge in [-0.2, -0.15) is 0 Å². The van der Waals surface area contributed by atoms with Crippen LogP contribution in [0.2, 0.25) is 0 Å². The number of carbonyl (C=O) groups is 1. The van der Waals surface area contributed by atoms with E-state index in [2.05, 4.69) is 20.3 Å². The van der Waals surface area contributed by atoms with Gasteiger partial charge in [-0.3, -0.25) is 9.78 Å². The number of fused-ring (bicyclic) bond motifs is 1. The molecule has 0 saturated heterocycles. The number of anilines is 1. The normalized spacial score (nSPS) is 10.7. The highest BCUT2D eigenvalue weighted by atomic mass is 16.5. The summed E-state index contributed by atoms with van der Waals surface area (Å²) in [5, 5.41) is 3.43. The molecular formula is C18H19N5O2. The summed E-state index contributed by atoms with van der Waals surface area (Å²) in [4.78, 5) is 25.3. The fourth-order valence-corrected chi connectivity index (χ4v) is 2.66. The van der Waals surface area contributed by atoms with Crippen molar-refractivity contribution in [2.75, 3.05) is 12.8 Å². The van der Waals surface area contributed by atoms with Crippen LogP contribution in [0.1, 0.15) is 27.3 Å². The van der Waals surface area contributed by atoms with Gasteiger partial charge < -0.3 is 15.8 Å². The van der Waals surface area contributed by atoms with E-state index in [1.165, 1.54) is 0 Å². The molecule has 0 spiro atoms. The molecule has 0 unspecified atom stereocenters.